The third kappa shape index (κ3) is 4.00. The molecule has 3 nitrogen and oxygen atoms in total. The Balaban J connectivity index is 1.77. The fraction of sp³-hybridized carbons (Fsp3) is 0.400. The maximum Gasteiger partial charge on any atom is 0.244 e. The van der Waals surface area contributed by atoms with E-state index in [4.69, 9.17) is 4.74 Å². The van der Waals surface area contributed by atoms with E-state index in [-0.39, 0.29) is 12.0 Å². The van der Waals surface area contributed by atoms with Crippen LogP contribution in [-0.2, 0) is 9.53 Å². The zero-order chi connectivity index (χ0) is 12.8. The predicted molar refractivity (Wildman–Crippen MR) is 72.2 cm³/mol. The first-order valence-electron chi connectivity index (χ1n) is 6.38. The van der Waals surface area contributed by atoms with E-state index in [2.05, 4.69) is 5.32 Å². The zero-order valence-corrected chi connectivity index (χ0v) is 10.7. The molecule has 96 valence electrons. The number of aryl methyl sites for hydroxylation is 1. The minimum absolute atomic E-state index is 0.0638. The molecule has 18 heavy (non-hydrogen) atoms. The largest absolute Gasteiger partial charge is 0.376 e. The Hall–Kier alpha value is -1.61. The van der Waals surface area contributed by atoms with E-state index in [1.54, 1.807) is 6.08 Å². The summed E-state index contributed by atoms with van der Waals surface area (Å²) >= 11 is 0. The van der Waals surface area contributed by atoms with E-state index in [1.807, 2.05) is 37.3 Å². The maximum atomic E-state index is 11.6. The number of carbonyl (C=O) groups excluding carboxylic acids is 1. The van der Waals surface area contributed by atoms with Gasteiger partial charge in [0.2, 0.25) is 5.91 Å². The third-order valence-electron chi connectivity index (χ3n) is 3.03. The van der Waals surface area contributed by atoms with E-state index in [0.29, 0.717) is 6.54 Å². The highest BCUT2D eigenvalue weighted by molar-refractivity contribution is 5.91. The smallest absolute Gasteiger partial charge is 0.244 e. The zero-order valence-electron chi connectivity index (χ0n) is 10.7. The molecule has 0 aromatic heterocycles. The van der Waals surface area contributed by atoms with Crippen molar-refractivity contribution in [1.82, 2.24) is 5.32 Å². The van der Waals surface area contributed by atoms with Gasteiger partial charge < -0.3 is 10.1 Å². The minimum Gasteiger partial charge on any atom is -0.376 e. The van der Waals surface area contributed by atoms with E-state index in [0.717, 1.165) is 25.0 Å². The molecule has 3 heteroatoms. The van der Waals surface area contributed by atoms with Crippen LogP contribution in [-0.4, -0.2) is 25.2 Å². The van der Waals surface area contributed by atoms with Gasteiger partial charge in [-0.15, -0.1) is 0 Å². The monoisotopic (exact) mass is 245 g/mol. The van der Waals surface area contributed by atoms with E-state index >= 15 is 0 Å². The molecule has 1 unspecified atom stereocenters. The molecule has 1 aliphatic heterocycles. The van der Waals surface area contributed by atoms with Crippen LogP contribution in [0.2, 0.25) is 0 Å². The van der Waals surface area contributed by atoms with Gasteiger partial charge in [-0.3, -0.25) is 4.79 Å². The molecule has 1 saturated heterocycles. The highest BCUT2D eigenvalue weighted by atomic mass is 16.5. The lowest BCUT2D eigenvalue weighted by molar-refractivity contribution is -0.116. The lowest BCUT2D eigenvalue weighted by atomic mass is 10.1. The van der Waals surface area contributed by atoms with Crippen molar-refractivity contribution in [2.24, 2.45) is 0 Å². The Morgan fingerprint density at radius 2 is 2.22 bits per heavy atom. The van der Waals surface area contributed by atoms with Crippen LogP contribution in [0.4, 0.5) is 0 Å². The number of carbonyl (C=O) groups is 1. The molecule has 1 fully saturated rings. The summed E-state index contributed by atoms with van der Waals surface area (Å²) < 4.78 is 5.44. The average Bonchev–Trinajstić information content (AvgIpc) is 2.89. The topological polar surface area (TPSA) is 38.3 Å². The van der Waals surface area contributed by atoms with Gasteiger partial charge in [-0.25, -0.2) is 0 Å². The van der Waals surface area contributed by atoms with Crippen LogP contribution < -0.4 is 5.32 Å². The number of hydrogen-bond donors (Lipinski definition) is 1. The van der Waals surface area contributed by atoms with Crippen molar-refractivity contribution in [3.05, 3.63) is 41.5 Å². The molecule has 1 aromatic carbocycles. The number of ether oxygens (including phenoxy) is 1. The summed E-state index contributed by atoms with van der Waals surface area (Å²) in [5.41, 5.74) is 2.25. The molecule has 2 rings (SSSR count). The molecule has 0 aliphatic carbocycles. The van der Waals surface area contributed by atoms with Gasteiger partial charge in [0.15, 0.2) is 0 Å². The van der Waals surface area contributed by atoms with Gasteiger partial charge in [0.1, 0.15) is 0 Å². The van der Waals surface area contributed by atoms with Gasteiger partial charge >= 0.3 is 0 Å². The quantitative estimate of drug-likeness (QED) is 0.827. The molecule has 1 amide bonds. The predicted octanol–water partition coefficient (Wildman–Crippen LogP) is 2.30. The maximum absolute atomic E-state index is 11.6. The molecule has 0 saturated carbocycles. The lowest BCUT2D eigenvalue weighted by Gasteiger charge is -2.08. The van der Waals surface area contributed by atoms with Crippen molar-refractivity contribution in [2.75, 3.05) is 13.2 Å². The third-order valence-corrected chi connectivity index (χ3v) is 3.03. The number of amides is 1. The Morgan fingerprint density at radius 3 is 2.89 bits per heavy atom. The van der Waals surface area contributed by atoms with Crippen molar-refractivity contribution in [1.29, 1.82) is 0 Å². The van der Waals surface area contributed by atoms with Crippen LogP contribution in [0.1, 0.15) is 24.0 Å². The molecule has 0 radical (unpaired) electrons. The molecular weight excluding hydrogens is 226 g/mol. The summed E-state index contributed by atoms with van der Waals surface area (Å²) in [5, 5.41) is 2.86. The van der Waals surface area contributed by atoms with Crippen molar-refractivity contribution >= 4 is 12.0 Å². The highest BCUT2D eigenvalue weighted by Gasteiger charge is 2.15. The average molecular weight is 245 g/mol. The standard InChI is InChI=1S/C15H19NO2/c1-12-4-6-13(7-5-12)8-9-15(17)16-11-14-3-2-10-18-14/h4-9,14H,2-3,10-11H2,1H3,(H,16,17)/b9-8+. The molecule has 0 spiro atoms. The summed E-state index contributed by atoms with van der Waals surface area (Å²) in [7, 11) is 0. The first-order valence-corrected chi connectivity index (χ1v) is 6.38. The molecule has 1 aromatic rings. The van der Waals surface area contributed by atoms with Gasteiger partial charge in [-0.05, 0) is 31.4 Å². The fourth-order valence-electron chi connectivity index (χ4n) is 1.93. The lowest BCUT2D eigenvalue weighted by Crippen LogP contribution is -2.30. The van der Waals surface area contributed by atoms with Crippen molar-refractivity contribution < 1.29 is 9.53 Å². The van der Waals surface area contributed by atoms with Crippen LogP contribution in [0.25, 0.3) is 6.08 Å². The first-order chi connectivity index (χ1) is 8.74. The Morgan fingerprint density at radius 1 is 1.44 bits per heavy atom. The van der Waals surface area contributed by atoms with Gasteiger partial charge in [0.05, 0.1) is 6.10 Å². The SMILES string of the molecule is Cc1ccc(/C=C/C(=O)NCC2CCCO2)cc1. The normalized spacial score (nSPS) is 19.3. The number of rotatable bonds is 4. The molecule has 0 bridgehead atoms. The first kappa shape index (κ1) is 12.8. The van der Waals surface area contributed by atoms with Crippen LogP contribution in [0.3, 0.4) is 0 Å². The van der Waals surface area contributed by atoms with Crippen LogP contribution in [0, 0.1) is 6.92 Å². The highest BCUT2D eigenvalue weighted by Crippen LogP contribution is 2.10. The summed E-state index contributed by atoms with van der Waals surface area (Å²) in [6.45, 7) is 3.47. The summed E-state index contributed by atoms with van der Waals surface area (Å²) in [6.07, 6.45) is 5.73. The van der Waals surface area contributed by atoms with Crippen LogP contribution in [0.5, 0.6) is 0 Å². The van der Waals surface area contributed by atoms with Gasteiger partial charge in [0, 0.05) is 19.2 Å². The van der Waals surface area contributed by atoms with E-state index < -0.39 is 0 Å². The van der Waals surface area contributed by atoms with Crippen molar-refractivity contribution in [3.8, 4) is 0 Å². The summed E-state index contributed by atoms with van der Waals surface area (Å²) in [5.74, 6) is -0.0638. The molecule has 1 heterocycles. The van der Waals surface area contributed by atoms with Crippen molar-refractivity contribution in [2.45, 2.75) is 25.9 Å². The van der Waals surface area contributed by atoms with Crippen molar-refractivity contribution in [3.63, 3.8) is 0 Å². The molecule has 1 aliphatic rings. The summed E-state index contributed by atoms with van der Waals surface area (Å²) in [4.78, 5) is 11.6. The Kier molecular flexibility index (Phi) is 4.53. The van der Waals surface area contributed by atoms with Gasteiger partial charge in [-0.1, -0.05) is 29.8 Å². The Bertz CT molecular complexity index is 417. The fourth-order valence-corrected chi connectivity index (χ4v) is 1.93. The van der Waals surface area contributed by atoms with E-state index in [9.17, 15) is 4.79 Å². The second-order valence-corrected chi connectivity index (χ2v) is 4.62. The van der Waals surface area contributed by atoms with Gasteiger partial charge in [-0.2, -0.15) is 0 Å². The Labute approximate surface area is 108 Å². The van der Waals surface area contributed by atoms with E-state index in [1.165, 1.54) is 5.56 Å². The van der Waals surface area contributed by atoms with Crippen LogP contribution >= 0.6 is 0 Å². The number of benzene rings is 1. The minimum atomic E-state index is -0.0638. The molecule has 1 atom stereocenters. The van der Waals surface area contributed by atoms with Gasteiger partial charge in [0.25, 0.3) is 0 Å². The number of hydrogen-bond acceptors (Lipinski definition) is 2. The van der Waals surface area contributed by atoms with Crippen LogP contribution in [0.15, 0.2) is 30.3 Å². The molecule has 1 N–H and O–H groups in total. The number of nitrogens with one attached hydrogen (secondary N) is 1. The summed E-state index contributed by atoms with van der Waals surface area (Å²) in [6, 6.07) is 8.06. The molecular formula is C15H19NO2. The second-order valence-electron chi connectivity index (χ2n) is 4.62. The second kappa shape index (κ2) is 6.36.